The number of fused-ring (bicyclic) bond motifs is 1. The summed E-state index contributed by atoms with van der Waals surface area (Å²) in [4.78, 5) is 47.2. The highest BCUT2D eigenvalue weighted by Crippen LogP contribution is 2.48. The molecule has 0 N–H and O–H groups in total. The Hall–Kier alpha value is -3.49. The first-order valence-electron chi connectivity index (χ1n) is 10.3. The van der Waals surface area contributed by atoms with E-state index in [1.807, 2.05) is 47.8 Å². The number of esters is 1. The lowest BCUT2D eigenvalue weighted by atomic mass is 9.95. The SMILES string of the molecule is CCOC(=O)c1cccc(N2C(=O)C3ON(c4ccccc4)C(c4cccs4)C3C2=O)c1. The maximum absolute atomic E-state index is 13.6. The van der Waals surface area contributed by atoms with Gasteiger partial charge in [0.1, 0.15) is 12.0 Å². The van der Waals surface area contributed by atoms with Crippen LogP contribution in [0.5, 0.6) is 0 Å². The minimum absolute atomic E-state index is 0.237. The molecule has 0 aliphatic carbocycles. The van der Waals surface area contributed by atoms with Gasteiger partial charge in [-0.05, 0) is 48.7 Å². The van der Waals surface area contributed by atoms with Gasteiger partial charge in [0, 0.05) is 4.88 Å². The van der Waals surface area contributed by atoms with Crippen molar-refractivity contribution in [2.45, 2.75) is 19.1 Å². The van der Waals surface area contributed by atoms with Crippen LogP contribution in [0, 0.1) is 5.92 Å². The fraction of sp³-hybridized carbons (Fsp3) is 0.208. The largest absolute Gasteiger partial charge is 0.462 e. The van der Waals surface area contributed by atoms with Crippen LogP contribution in [0.15, 0.2) is 72.1 Å². The van der Waals surface area contributed by atoms with Crippen molar-refractivity contribution in [2.24, 2.45) is 5.92 Å². The summed E-state index contributed by atoms with van der Waals surface area (Å²) in [6, 6.07) is 19.2. The summed E-state index contributed by atoms with van der Waals surface area (Å²) in [7, 11) is 0. The topological polar surface area (TPSA) is 76.2 Å². The fourth-order valence-electron chi connectivity index (χ4n) is 4.20. The highest BCUT2D eigenvalue weighted by Gasteiger charge is 2.60. The Morgan fingerprint density at radius 3 is 2.50 bits per heavy atom. The van der Waals surface area contributed by atoms with E-state index in [0.717, 1.165) is 15.5 Å². The summed E-state index contributed by atoms with van der Waals surface area (Å²) in [5.41, 5.74) is 1.39. The van der Waals surface area contributed by atoms with Gasteiger partial charge < -0.3 is 4.74 Å². The molecule has 0 spiro atoms. The molecule has 0 saturated carbocycles. The third-order valence-electron chi connectivity index (χ3n) is 5.58. The van der Waals surface area contributed by atoms with Crippen molar-refractivity contribution in [3.63, 3.8) is 0 Å². The second kappa shape index (κ2) is 8.22. The molecule has 7 nitrogen and oxygen atoms in total. The number of hydrogen-bond acceptors (Lipinski definition) is 7. The average molecular weight is 449 g/mol. The number of para-hydroxylation sites is 1. The molecule has 3 atom stereocenters. The number of hydroxylamine groups is 1. The molecule has 162 valence electrons. The molecule has 2 aliphatic rings. The lowest BCUT2D eigenvalue weighted by molar-refractivity contribution is -0.126. The Balaban J connectivity index is 1.52. The minimum atomic E-state index is -0.943. The summed E-state index contributed by atoms with van der Waals surface area (Å²) in [6.45, 7) is 1.96. The van der Waals surface area contributed by atoms with E-state index in [0.29, 0.717) is 5.69 Å². The highest BCUT2D eigenvalue weighted by molar-refractivity contribution is 7.10. The maximum Gasteiger partial charge on any atom is 0.338 e. The third kappa shape index (κ3) is 3.28. The number of rotatable bonds is 5. The van der Waals surface area contributed by atoms with Crippen LogP contribution < -0.4 is 9.96 Å². The van der Waals surface area contributed by atoms with Crippen LogP contribution in [0.25, 0.3) is 0 Å². The van der Waals surface area contributed by atoms with E-state index >= 15 is 0 Å². The van der Waals surface area contributed by atoms with Crippen LogP contribution in [0.4, 0.5) is 11.4 Å². The zero-order valence-corrected chi connectivity index (χ0v) is 18.0. The van der Waals surface area contributed by atoms with Gasteiger partial charge >= 0.3 is 5.97 Å². The number of ether oxygens (including phenoxy) is 1. The number of thiophene rings is 1. The normalized spacial score (nSPS) is 22.3. The Morgan fingerprint density at radius 2 is 1.78 bits per heavy atom. The molecule has 2 aliphatic heterocycles. The van der Waals surface area contributed by atoms with Crippen LogP contribution in [-0.2, 0) is 19.2 Å². The van der Waals surface area contributed by atoms with Crippen LogP contribution in [-0.4, -0.2) is 30.5 Å². The molecule has 5 rings (SSSR count). The monoisotopic (exact) mass is 448 g/mol. The predicted molar refractivity (Wildman–Crippen MR) is 119 cm³/mol. The molecule has 0 bridgehead atoms. The molecule has 3 unspecified atom stereocenters. The number of carbonyl (C=O) groups is 3. The van der Waals surface area contributed by atoms with Gasteiger partial charge in [-0.3, -0.25) is 14.4 Å². The number of imide groups is 1. The molecule has 2 saturated heterocycles. The van der Waals surface area contributed by atoms with Crippen LogP contribution in [0.3, 0.4) is 0 Å². The third-order valence-corrected chi connectivity index (χ3v) is 6.52. The van der Waals surface area contributed by atoms with Crippen molar-refractivity contribution in [1.82, 2.24) is 0 Å². The number of amides is 2. The van der Waals surface area contributed by atoms with E-state index in [2.05, 4.69) is 0 Å². The van der Waals surface area contributed by atoms with Crippen molar-refractivity contribution >= 4 is 40.5 Å². The van der Waals surface area contributed by atoms with Gasteiger partial charge in [0.05, 0.1) is 23.5 Å². The summed E-state index contributed by atoms with van der Waals surface area (Å²) >= 11 is 1.51. The van der Waals surface area contributed by atoms with Gasteiger partial charge in [0.25, 0.3) is 5.91 Å². The van der Waals surface area contributed by atoms with Gasteiger partial charge in [-0.15, -0.1) is 11.3 Å². The first-order valence-corrected chi connectivity index (χ1v) is 11.2. The van der Waals surface area contributed by atoms with Crippen molar-refractivity contribution in [3.8, 4) is 0 Å². The quantitative estimate of drug-likeness (QED) is 0.434. The number of nitrogens with zero attached hydrogens (tertiary/aromatic N) is 2. The minimum Gasteiger partial charge on any atom is -0.462 e. The van der Waals surface area contributed by atoms with Crippen LogP contribution in [0.2, 0.25) is 0 Å². The van der Waals surface area contributed by atoms with Gasteiger partial charge in [0.15, 0.2) is 6.10 Å². The molecule has 3 aromatic rings. The Kier molecular flexibility index (Phi) is 5.24. The second-order valence-corrected chi connectivity index (χ2v) is 8.44. The van der Waals surface area contributed by atoms with Gasteiger partial charge in [-0.2, -0.15) is 0 Å². The molecule has 2 amide bonds. The van der Waals surface area contributed by atoms with Crippen molar-refractivity contribution in [1.29, 1.82) is 0 Å². The average Bonchev–Trinajstić information content (AvgIpc) is 3.52. The molecule has 32 heavy (non-hydrogen) atoms. The molecule has 3 heterocycles. The van der Waals surface area contributed by atoms with Crippen LogP contribution >= 0.6 is 11.3 Å². The number of benzene rings is 2. The summed E-state index contributed by atoms with van der Waals surface area (Å²) < 4.78 is 5.05. The molecular weight excluding hydrogens is 428 g/mol. The maximum atomic E-state index is 13.6. The fourth-order valence-corrected chi connectivity index (χ4v) is 5.06. The Labute approximate surface area is 188 Å². The van der Waals surface area contributed by atoms with Crippen molar-refractivity contribution < 1.29 is 24.0 Å². The van der Waals surface area contributed by atoms with E-state index in [9.17, 15) is 14.4 Å². The van der Waals surface area contributed by atoms with E-state index < -0.39 is 29.9 Å². The molecule has 1 aromatic heterocycles. The number of carbonyl (C=O) groups excluding carboxylic acids is 3. The highest BCUT2D eigenvalue weighted by atomic mass is 32.1. The zero-order chi connectivity index (χ0) is 22.2. The number of hydrogen-bond donors (Lipinski definition) is 0. The summed E-state index contributed by atoms with van der Waals surface area (Å²) in [5, 5.41) is 3.61. The van der Waals surface area contributed by atoms with E-state index in [1.165, 1.54) is 17.4 Å². The van der Waals surface area contributed by atoms with E-state index in [4.69, 9.17) is 9.57 Å². The van der Waals surface area contributed by atoms with Crippen LogP contribution in [0.1, 0.15) is 28.2 Å². The molecule has 8 heteroatoms. The lowest BCUT2D eigenvalue weighted by Crippen LogP contribution is -2.37. The lowest BCUT2D eigenvalue weighted by Gasteiger charge is -2.27. The standard InChI is InChI=1S/C24H20N2O5S/c1-2-30-24(29)15-8-6-11-17(14-15)25-22(27)19-20(18-12-7-13-32-18)26(31-21(19)23(25)28)16-9-4-3-5-10-16/h3-14,19-21H,2H2,1H3. The molecule has 0 radical (unpaired) electrons. The van der Waals surface area contributed by atoms with Gasteiger partial charge in [-0.25, -0.2) is 14.8 Å². The molecule has 2 aromatic carbocycles. The zero-order valence-electron chi connectivity index (χ0n) is 17.2. The Morgan fingerprint density at radius 1 is 1.00 bits per heavy atom. The summed E-state index contributed by atoms with van der Waals surface area (Å²) in [5.74, 6) is -2.00. The van der Waals surface area contributed by atoms with Gasteiger partial charge in [-0.1, -0.05) is 30.3 Å². The molecule has 2 fully saturated rings. The van der Waals surface area contributed by atoms with E-state index in [-0.39, 0.29) is 18.1 Å². The van der Waals surface area contributed by atoms with Crippen molar-refractivity contribution in [2.75, 3.05) is 16.6 Å². The van der Waals surface area contributed by atoms with Crippen molar-refractivity contribution in [3.05, 3.63) is 82.6 Å². The first kappa shape index (κ1) is 20.4. The Bertz CT molecular complexity index is 1160. The van der Waals surface area contributed by atoms with Gasteiger partial charge in [0.2, 0.25) is 5.91 Å². The smallest absolute Gasteiger partial charge is 0.338 e. The summed E-state index contributed by atoms with van der Waals surface area (Å²) in [6.07, 6.45) is -0.943. The number of anilines is 2. The van der Waals surface area contributed by atoms with E-state index in [1.54, 1.807) is 30.2 Å². The second-order valence-electron chi connectivity index (χ2n) is 7.46. The first-order chi connectivity index (χ1) is 15.6. The predicted octanol–water partition coefficient (Wildman–Crippen LogP) is 3.98. The molecular formula is C24H20N2O5S.